The van der Waals surface area contributed by atoms with E-state index in [1.807, 2.05) is 0 Å². The minimum atomic E-state index is -0.453. The average molecular weight is 358 g/mol. The third kappa shape index (κ3) is 4.47. The van der Waals surface area contributed by atoms with E-state index in [4.69, 9.17) is 9.47 Å². The first-order valence-electron chi connectivity index (χ1n) is 8.29. The summed E-state index contributed by atoms with van der Waals surface area (Å²) in [4.78, 5) is 20.7. The molecular formula is C18H18N2O6. The Bertz CT molecular complexity index is 810. The molecule has 0 aromatic heterocycles. The van der Waals surface area contributed by atoms with Gasteiger partial charge >= 0.3 is 0 Å². The number of non-ortho nitro benzene ring substituents is 2. The van der Waals surface area contributed by atoms with Crippen LogP contribution in [0.4, 0.5) is 11.4 Å². The quantitative estimate of drug-likeness (QED) is 0.544. The van der Waals surface area contributed by atoms with Gasteiger partial charge in [-0.05, 0) is 37.3 Å². The Morgan fingerprint density at radius 1 is 0.923 bits per heavy atom. The Morgan fingerprint density at radius 3 is 2.19 bits per heavy atom. The molecule has 0 heterocycles. The van der Waals surface area contributed by atoms with E-state index in [1.54, 1.807) is 24.3 Å². The first-order chi connectivity index (χ1) is 12.5. The van der Waals surface area contributed by atoms with Crippen LogP contribution in [0.25, 0.3) is 0 Å². The molecule has 0 aliphatic heterocycles. The molecule has 1 saturated carbocycles. The van der Waals surface area contributed by atoms with Gasteiger partial charge in [0, 0.05) is 12.1 Å². The van der Waals surface area contributed by atoms with Gasteiger partial charge in [0.15, 0.2) is 0 Å². The molecule has 0 bridgehead atoms. The summed E-state index contributed by atoms with van der Waals surface area (Å²) >= 11 is 0. The van der Waals surface area contributed by atoms with Gasteiger partial charge in [0.1, 0.15) is 11.5 Å². The van der Waals surface area contributed by atoms with Crippen molar-refractivity contribution in [2.45, 2.75) is 25.4 Å². The second-order valence-electron chi connectivity index (χ2n) is 6.24. The second kappa shape index (κ2) is 7.81. The van der Waals surface area contributed by atoms with Gasteiger partial charge < -0.3 is 9.47 Å². The minimum Gasteiger partial charge on any atom is -0.493 e. The highest BCUT2D eigenvalue weighted by atomic mass is 16.6. The minimum absolute atomic E-state index is 0.000744. The average Bonchev–Trinajstić information content (AvgIpc) is 3.08. The molecule has 0 N–H and O–H groups in total. The number of hydrogen-bond acceptors (Lipinski definition) is 6. The molecule has 8 nitrogen and oxygen atoms in total. The van der Waals surface area contributed by atoms with Crippen molar-refractivity contribution in [2.24, 2.45) is 5.92 Å². The highest BCUT2D eigenvalue weighted by Gasteiger charge is 2.27. The Morgan fingerprint density at radius 2 is 1.54 bits per heavy atom. The molecule has 0 radical (unpaired) electrons. The largest absolute Gasteiger partial charge is 0.493 e. The molecule has 1 aliphatic carbocycles. The van der Waals surface area contributed by atoms with Gasteiger partial charge in [-0.15, -0.1) is 0 Å². The lowest BCUT2D eigenvalue weighted by atomic mass is 10.1. The number of nitro groups is 2. The van der Waals surface area contributed by atoms with Gasteiger partial charge in [-0.2, -0.15) is 0 Å². The third-order valence-electron chi connectivity index (χ3n) is 4.34. The number of nitro benzene ring substituents is 2. The monoisotopic (exact) mass is 358 g/mol. The van der Waals surface area contributed by atoms with Crippen molar-refractivity contribution in [1.29, 1.82) is 0 Å². The molecule has 0 saturated heterocycles. The number of hydrogen-bond donors (Lipinski definition) is 0. The molecule has 8 heteroatoms. The van der Waals surface area contributed by atoms with Gasteiger partial charge in [0.25, 0.3) is 11.4 Å². The van der Waals surface area contributed by atoms with E-state index >= 15 is 0 Å². The molecule has 26 heavy (non-hydrogen) atoms. The first-order valence-corrected chi connectivity index (χ1v) is 8.29. The van der Waals surface area contributed by atoms with Gasteiger partial charge in [-0.3, -0.25) is 20.2 Å². The standard InChI is InChI=1S/C18H18N2O6/c21-19(22)14-3-1-5-16(10-14)25-12-13-7-8-18(9-13)26-17-6-2-4-15(11-17)20(23)24/h1-6,10-11,13,18H,7-9,12H2/t13-,18-/m0/s1. The van der Waals surface area contributed by atoms with Crippen molar-refractivity contribution in [3.05, 3.63) is 68.8 Å². The van der Waals surface area contributed by atoms with E-state index in [0.717, 1.165) is 19.3 Å². The fourth-order valence-corrected chi connectivity index (χ4v) is 3.05. The van der Waals surface area contributed by atoms with E-state index in [9.17, 15) is 20.2 Å². The summed E-state index contributed by atoms with van der Waals surface area (Å²) in [6.45, 7) is 0.454. The van der Waals surface area contributed by atoms with Crippen LogP contribution >= 0.6 is 0 Å². The number of ether oxygens (including phenoxy) is 2. The topological polar surface area (TPSA) is 105 Å². The van der Waals surface area contributed by atoms with Crippen molar-refractivity contribution in [1.82, 2.24) is 0 Å². The smallest absolute Gasteiger partial charge is 0.273 e. The fourth-order valence-electron chi connectivity index (χ4n) is 3.05. The van der Waals surface area contributed by atoms with Gasteiger partial charge in [-0.25, -0.2) is 0 Å². The highest BCUT2D eigenvalue weighted by Crippen LogP contribution is 2.31. The summed E-state index contributed by atoms with van der Waals surface area (Å²) in [6.07, 6.45) is 2.51. The van der Waals surface area contributed by atoms with Crippen LogP contribution in [0.1, 0.15) is 19.3 Å². The molecule has 1 fully saturated rings. The molecule has 136 valence electrons. The maximum absolute atomic E-state index is 10.8. The summed E-state index contributed by atoms with van der Waals surface area (Å²) in [5.41, 5.74) is 0.00635. The van der Waals surface area contributed by atoms with Crippen LogP contribution in [0, 0.1) is 26.1 Å². The second-order valence-corrected chi connectivity index (χ2v) is 6.24. The van der Waals surface area contributed by atoms with Crippen molar-refractivity contribution in [2.75, 3.05) is 6.61 Å². The SMILES string of the molecule is O=[N+]([O-])c1cccc(OC[C@H]2CC[C@H](Oc3cccc([N+](=O)[O-])c3)C2)c1. The van der Waals surface area contributed by atoms with Crippen LogP contribution in [0.15, 0.2) is 48.5 Å². The fraction of sp³-hybridized carbons (Fsp3) is 0.333. The van der Waals surface area contributed by atoms with E-state index in [0.29, 0.717) is 18.1 Å². The lowest BCUT2D eigenvalue weighted by molar-refractivity contribution is -0.385. The maximum Gasteiger partial charge on any atom is 0.273 e. The van der Waals surface area contributed by atoms with E-state index in [-0.39, 0.29) is 23.4 Å². The Labute approximate surface area is 149 Å². The van der Waals surface area contributed by atoms with Crippen molar-refractivity contribution in [3.8, 4) is 11.5 Å². The molecule has 2 aromatic rings. The van der Waals surface area contributed by atoms with Crippen LogP contribution in [-0.2, 0) is 0 Å². The molecule has 0 amide bonds. The molecule has 3 rings (SSSR count). The Hall–Kier alpha value is -3.16. The molecule has 2 aromatic carbocycles. The van der Waals surface area contributed by atoms with Gasteiger partial charge in [-0.1, -0.05) is 12.1 Å². The first kappa shape index (κ1) is 17.7. The van der Waals surface area contributed by atoms with Crippen molar-refractivity contribution < 1.29 is 19.3 Å². The molecule has 1 aliphatic rings. The molecule has 0 unspecified atom stereocenters. The number of benzene rings is 2. The van der Waals surface area contributed by atoms with Crippen molar-refractivity contribution in [3.63, 3.8) is 0 Å². The molecule has 2 atom stereocenters. The van der Waals surface area contributed by atoms with Crippen molar-refractivity contribution >= 4 is 11.4 Å². The Balaban J connectivity index is 1.51. The lowest BCUT2D eigenvalue weighted by Crippen LogP contribution is -2.15. The zero-order valence-electron chi connectivity index (χ0n) is 13.9. The predicted molar refractivity (Wildman–Crippen MR) is 93.4 cm³/mol. The summed E-state index contributed by atoms with van der Waals surface area (Å²) in [5, 5.41) is 21.6. The number of nitrogens with zero attached hydrogens (tertiary/aromatic N) is 2. The van der Waals surface area contributed by atoms with Crippen LogP contribution in [0.5, 0.6) is 11.5 Å². The Kier molecular flexibility index (Phi) is 5.31. The van der Waals surface area contributed by atoms with E-state index in [2.05, 4.69) is 0 Å². The normalized spacial score (nSPS) is 19.1. The number of rotatable bonds is 7. The summed E-state index contributed by atoms with van der Waals surface area (Å²) in [5.74, 6) is 1.24. The van der Waals surface area contributed by atoms with Crippen LogP contribution in [0.2, 0.25) is 0 Å². The molecular weight excluding hydrogens is 340 g/mol. The highest BCUT2D eigenvalue weighted by molar-refractivity contribution is 5.38. The zero-order chi connectivity index (χ0) is 18.5. The van der Waals surface area contributed by atoms with Gasteiger partial charge in [0.2, 0.25) is 0 Å². The summed E-state index contributed by atoms with van der Waals surface area (Å²) < 4.78 is 11.5. The van der Waals surface area contributed by atoms with Gasteiger partial charge in [0.05, 0.1) is 34.7 Å². The predicted octanol–water partition coefficient (Wildman–Crippen LogP) is 4.13. The lowest BCUT2D eigenvalue weighted by Gasteiger charge is -2.14. The third-order valence-corrected chi connectivity index (χ3v) is 4.34. The summed E-state index contributed by atoms with van der Waals surface area (Å²) in [6, 6.07) is 12.3. The van der Waals surface area contributed by atoms with Crippen LogP contribution in [0.3, 0.4) is 0 Å². The zero-order valence-corrected chi connectivity index (χ0v) is 13.9. The van der Waals surface area contributed by atoms with E-state index < -0.39 is 9.85 Å². The molecule has 0 spiro atoms. The van der Waals surface area contributed by atoms with E-state index in [1.165, 1.54) is 24.3 Å². The van der Waals surface area contributed by atoms with Crippen LogP contribution in [-0.4, -0.2) is 22.6 Å². The summed E-state index contributed by atoms with van der Waals surface area (Å²) in [7, 11) is 0. The van der Waals surface area contributed by atoms with Crippen LogP contribution < -0.4 is 9.47 Å². The maximum atomic E-state index is 10.8.